The number of carboxylic acid groups (broad SMARTS) is 1. The van der Waals surface area contributed by atoms with Gasteiger partial charge in [-0.1, -0.05) is 32.9 Å². The van der Waals surface area contributed by atoms with Crippen LogP contribution in [0.25, 0.3) is 0 Å². The van der Waals surface area contributed by atoms with Crippen molar-refractivity contribution in [3.63, 3.8) is 0 Å². The van der Waals surface area contributed by atoms with E-state index < -0.39 is 11.9 Å². The first-order valence-corrected chi connectivity index (χ1v) is 6.32. The Morgan fingerprint density at radius 1 is 1.32 bits per heavy atom. The molecule has 4 heteroatoms. The number of hydrogen-bond acceptors (Lipinski definition) is 2. The summed E-state index contributed by atoms with van der Waals surface area (Å²) in [5, 5.41) is 11.8. The first-order valence-electron chi connectivity index (χ1n) is 6.32. The van der Waals surface area contributed by atoms with Crippen LogP contribution in [0, 0.1) is 5.41 Å². The molecule has 0 aromatic heterocycles. The quantitative estimate of drug-likeness (QED) is 0.876. The first kappa shape index (κ1) is 15.2. The van der Waals surface area contributed by atoms with Crippen molar-refractivity contribution in [2.24, 2.45) is 5.41 Å². The van der Waals surface area contributed by atoms with Gasteiger partial charge in [-0.3, -0.25) is 9.59 Å². The van der Waals surface area contributed by atoms with E-state index >= 15 is 0 Å². The maximum Gasteiger partial charge on any atom is 0.310 e. The van der Waals surface area contributed by atoms with Crippen LogP contribution in [0.5, 0.6) is 0 Å². The second-order valence-corrected chi connectivity index (χ2v) is 5.97. The molecule has 1 aromatic carbocycles. The third-order valence-electron chi connectivity index (χ3n) is 2.73. The van der Waals surface area contributed by atoms with Crippen molar-refractivity contribution in [1.82, 2.24) is 0 Å². The average Bonchev–Trinajstić information content (AvgIpc) is 2.25. The Morgan fingerprint density at radius 2 is 1.95 bits per heavy atom. The number of carboxylic acids is 1. The van der Waals surface area contributed by atoms with Gasteiger partial charge >= 0.3 is 5.97 Å². The van der Waals surface area contributed by atoms with Crippen molar-refractivity contribution in [2.45, 2.75) is 40.0 Å². The molecule has 1 unspecified atom stereocenters. The second-order valence-electron chi connectivity index (χ2n) is 5.97. The minimum absolute atomic E-state index is 0.0624. The maximum atomic E-state index is 11.8. The van der Waals surface area contributed by atoms with E-state index in [0.29, 0.717) is 17.7 Å². The zero-order valence-corrected chi connectivity index (χ0v) is 11.9. The van der Waals surface area contributed by atoms with Gasteiger partial charge in [0.2, 0.25) is 5.91 Å². The van der Waals surface area contributed by atoms with E-state index in [4.69, 9.17) is 5.11 Å². The molecule has 1 amide bonds. The molecule has 0 bridgehead atoms. The van der Waals surface area contributed by atoms with Crippen LogP contribution in [0.3, 0.4) is 0 Å². The highest BCUT2D eigenvalue weighted by atomic mass is 16.4. The predicted molar refractivity (Wildman–Crippen MR) is 75.2 cm³/mol. The number of nitrogens with one attached hydrogen (secondary N) is 1. The predicted octanol–water partition coefficient (Wildman–Crippen LogP) is 3.25. The number of rotatable bonds is 4. The van der Waals surface area contributed by atoms with Gasteiger partial charge in [-0.05, 0) is 30.0 Å². The molecule has 1 rings (SSSR count). The fourth-order valence-electron chi connectivity index (χ4n) is 1.72. The van der Waals surface area contributed by atoms with Crippen LogP contribution >= 0.6 is 0 Å². The monoisotopic (exact) mass is 263 g/mol. The lowest BCUT2D eigenvalue weighted by Gasteiger charge is -2.17. The molecule has 104 valence electrons. The molecule has 0 saturated carbocycles. The van der Waals surface area contributed by atoms with Crippen LogP contribution in [0.2, 0.25) is 0 Å². The third-order valence-corrected chi connectivity index (χ3v) is 2.73. The van der Waals surface area contributed by atoms with Gasteiger partial charge in [-0.15, -0.1) is 0 Å². The van der Waals surface area contributed by atoms with Crippen molar-refractivity contribution in [3.8, 4) is 0 Å². The Hall–Kier alpha value is -1.84. The largest absolute Gasteiger partial charge is 0.481 e. The van der Waals surface area contributed by atoms with E-state index in [-0.39, 0.29) is 11.3 Å². The van der Waals surface area contributed by atoms with Crippen LogP contribution < -0.4 is 5.32 Å². The van der Waals surface area contributed by atoms with E-state index in [9.17, 15) is 9.59 Å². The summed E-state index contributed by atoms with van der Waals surface area (Å²) in [7, 11) is 0. The van der Waals surface area contributed by atoms with Crippen molar-refractivity contribution >= 4 is 17.6 Å². The average molecular weight is 263 g/mol. The fourth-order valence-corrected chi connectivity index (χ4v) is 1.72. The number of aliphatic carboxylic acids is 1. The van der Waals surface area contributed by atoms with Crippen LogP contribution in [-0.4, -0.2) is 17.0 Å². The number of anilines is 1. The SMILES string of the molecule is CC(C(=O)O)c1cccc(NC(=O)CC(C)(C)C)c1. The summed E-state index contributed by atoms with van der Waals surface area (Å²) >= 11 is 0. The van der Waals surface area contributed by atoms with Gasteiger partial charge in [0, 0.05) is 12.1 Å². The number of amides is 1. The summed E-state index contributed by atoms with van der Waals surface area (Å²) in [5.74, 6) is -1.52. The van der Waals surface area contributed by atoms with Gasteiger partial charge in [0.05, 0.1) is 5.92 Å². The lowest BCUT2D eigenvalue weighted by atomic mass is 9.92. The van der Waals surface area contributed by atoms with Crippen molar-refractivity contribution in [3.05, 3.63) is 29.8 Å². The van der Waals surface area contributed by atoms with Gasteiger partial charge < -0.3 is 10.4 Å². The summed E-state index contributed by atoms with van der Waals surface area (Å²) in [6, 6.07) is 6.97. The highest BCUT2D eigenvalue weighted by Crippen LogP contribution is 2.22. The van der Waals surface area contributed by atoms with Crippen molar-refractivity contribution in [2.75, 3.05) is 5.32 Å². The van der Waals surface area contributed by atoms with Crippen LogP contribution in [0.15, 0.2) is 24.3 Å². The molecule has 0 aliphatic heterocycles. The topological polar surface area (TPSA) is 66.4 Å². The molecule has 2 N–H and O–H groups in total. The zero-order chi connectivity index (χ0) is 14.6. The highest BCUT2D eigenvalue weighted by Gasteiger charge is 2.17. The van der Waals surface area contributed by atoms with E-state index in [2.05, 4.69) is 5.32 Å². The summed E-state index contributed by atoms with van der Waals surface area (Å²) in [4.78, 5) is 22.7. The summed E-state index contributed by atoms with van der Waals surface area (Å²) in [6.07, 6.45) is 0.422. The summed E-state index contributed by atoms with van der Waals surface area (Å²) in [6.45, 7) is 7.61. The second kappa shape index (κ2) is 5.87. The highest BCUT2D eigenvalue weighted by molar-refractivity contribution is 5.91. The zero-order valence-electron chi connectivity index (χ0n) is 11.9. The molecule has 0 fully saturated rings. The van der Waals surface area contributed by atoms with E-state index in [1.807, 2.05) is 20.8 Å². The molecule has 0 saturated heterocycles. The standard InChI is InChI=1S/C15H21NO3/c1-10(14(18)19)11-6-5-7-12(8-11)16-13(17)9-15(2,3)4/h5-8,10H,9H2,1-4H3,(H,16,17)(H,18,19). The number of hydrogen-bond donors (Lipinski definition) is 2. The molecule has 0 radical (unpaired) electrons. The first-order chi connectivity index (χ1) is 8.69. The van der Waals surface area contributed by atoms with Crippen molar-refractivity contribution < 1.29 is 14.7 Å². The van der Waals surface area contributed by atoms with E-state index in [1.165, 1.54) is 0 Å². The van der Waals surface area contributed by atoms with Gasteiger partial charge in [-0.25, -0.2) is 0 Å². The van der Waals surface area contributed by atoms with Crippen molar-refractivity contribution in [1.29, 1.82) is 0 Å². The number of carbonyl (C=O) groups is 2. The van der Waals surface area contributed by atoms with Gasteiger partial charge in [0.1, 0.15) is 0 Å². The van der Waals surface area contributed by atoms with E-state index in [1.54, 1.807) is 31.2 Å². The maximum absolute atomic E-state index is 11.8. The van der Waals surface area contributed by atoms with Crippen LogP contribution in [0.1, 0.15) is 45.6 Å². The summed E-state index contributed by atoms with van der Waals surface area (Å²) in [5.41, 5.74) is 1.25. The molecule has 0 spiro atoms. The molecule has 1 atom stereocenters. The number of benzene rings is 1. The Morgan fingerprint density at radius 3 is 2.47 bits per heavy atom. The molecule has 0 aliphatic rings. The van der Waals surface area contributed by atoms with Crippen LogP contribution in [0.4, 0.5) is 5.69 Å². The van der Waals surface area contributed by atoms with Gasteiger partial charge in [0.25, 0.3) is 0 Å². The Labute approximate surface area is 113 Å². The molecule has 19 heavy (non-hydrogen) atoms. The minimum atomic E-state index is -0.877. The van der Waals surface area contributed by atoms with Gasteiger partial charge in [-0.2, -0.15) is 0 Å². The molecule has 4 nitrogen and oxygen atoms in total. The van der Waals surface area contributed by atoms with Gasteiger partial charge in [0.15, 0.2) is 0 Å². The molecule has 1 aromatic rings. The fraction of sp³-hybridized carbons (Fsp3) is 0.467. The normalized spacial score (nSPS) is 12.8. The Kier molecular flexibility index (Phi) is 4.70. The Balaban J connectivity index is 2.78. The Bertz CT molecular complexity index is 475. The minimum Gasteiger partial charge on any atom is -0.481 e. The number of carbonyl (C=O) groups excluding carboxylic acids is 1. The van der Waals surface area contributed by atoms with E-state index in [0.717, 1.165) is 0 Å². The lowest BCUT2D eigenvalue weighted by molar-refractivity contribution is -0.138. The molecular formula is C15H21NO3. The smallest absolute Gasteiger partial charge is 0.310 e. The molecular weight excluding hydrogens is 242 g/mol. The van der Waals surface area contributed by atoms with Crippen LogP contribution in [-0.2, 0) is 9.59 Å². The molecule has 0 heterocycles. The molecule has 0 aliphatic carbocycles. The third kappa shape index (κ3) is 5.12. The summed E-state index contributed by atoms with van der Waals surface area (Å²) < 4.78 is 0. The lowest BCUT2D eigenvalue weighted by Crippen LogP contribution is -2.19.